The van der Waals surface area contributed by atoms with E-state index in [0.29, 0.717) is 5.56 Å². The molecule has 0 unspecified atom stereocenters. The van der Waals surface area contributed by atoms with E-state index in [1.54, 1.807) is 25.5 Å². The second-order valence-corrected chi connectivity index (χ2v) is 8.81. The van der Waals surface area contributed by atoms with E-state index in [0.717, 1.165) is 5.57 Å². The Bertz CT molecular complexity index is 707. The molecule has 1 aromatic heterocycles. The van der Waals surface area contributed by atoms with Gasteiger partial charge in [0.25, 0.3) is 0 Å². The molecule has 122 valence electrons. The summed E-state index contributed by atoms with van der Waals surface area (Å²) in [6.07, 6.45) is 10.4. The summed E-state index contributed by atoms with van der Waals surface area (Å²) in [4.78, 5) is 8.07. The number of rotatable bonds is 7. The molecule has 0 aliphatic heterocycles. The monoisotopic (exact) mass is 335 g/mol. The molecule has 0 saturated heterocycles. The Morgan fingerprint density at radius 2 is 2.04 bits per heavy atom. The van der Waals surface area contributed by atoms with E-state index in [2.05, 4.69) is 16.0 Å². The highest BCUT2D eigenvalue weighted by atomic mass is 31.2. The van der Waals surface area contributed by atoms with Crippen molar-refractivity contribution in [1.82, 2.24) is 9.97 Å². The number of hydrogen-bond donors (Lipinski definition) is 2. The van der Waals surface area contributed by atoms with Crippen LogP contribution in [0.4, 0.5) is 11.8 Å². The molecular weight excluding hydrogens is 315 g/mol. The van der Waals surface area contributed by atoms with Crippen LogP contribution in [0.1, 0.15) is 5.56 Å². The van der Waals surface area contributed by atoms with Gasteiger partial charge in [0.2, 0.25) is 11.8 Å². The highest BCUT2D eigenvalue weighted by Crippen LogP contribution is 2.35. The lowest BCUT2D eigenvalue weighted by atomic mass is 10.0. The van der Waals surface area contributed by atoms with Crippen molar-refractivity contribution >= 4 is 24.5 Å². The van der Waals surface area contributed by atoms with Gasteiger partial charge in [0.1, 0.15) is 37.0 Å². The maximum Gasteiger partial charge on any atom is 0.242 e. The standard InChI is InChI=1S/C15H20N4O3P/c1-23(2,20)10-21-8-9-22-14-12(11-6-4-3-5-7-11)13(16)18-15(17)19-14/h3-4,6-7H,8-10H2,1-2H3,(H4,16,17,18,19)/q+1. The number of anilines is 2. The average molecular weight is 335 g/mol. The van der Waals surface area contributed by atoms with E-state index >= 15 is 0 Å². The van der Waals surface area contributed by atoms with Crippen LogP contribution in [0.5, 0.6) is 5.88 Å². The van der Waals surface area contributed by atoms with Crippen LogP contribution in [0.3, 0.4) is 0 Å². The molecule has 4 N–H and O–H groups in total. The molecule has 0 radical (unpaired) electrons. The molecule has 1 aromatic rings. The SMILES string of the molecule is CP(C)(=O)COCCOc1nc(N)nc(N)c1C1=CC=C[C+]=C1. The minimum atomic E-state index is -2.20. The lowest BCUT2D eigenvalue weighted by Crippen LogP contribution is -2.12. The molecule has 0 amide bonds. The molecule has 0 spiro atoms. The van der Waals surface area contributed by atoms with Crippen LogP contribution in [0.15, 0.2) is 24.3 Å². The number of ether oxygens (including phenoxy) is 2. The zero-order chi connectivity index (χ0) is 16.9. The van der Waals surface area contributed by atoms with Gasteiger partial charge in [0.05, 0.1) is 19.0 Å². The quantitative estimate of drug-likeness (QED) is 0.444. The Kier molecular flexibility index (Phi) is 5.50. The van der Waals surface area contributed by atoms with Gasteiger partial charge in [-0.1, -0.05) is 0 Å². The molecular formula is C15H20N4O3P+. The predicted molar refractivity (Wildman–Crippen MR) is 91.6 cm³/mol. The first-order valence-electron chi connectivity index (χ1n) is 7.01. The summed E-state index contributed by atoms with van der Waals surface area (Å²) >= 11 is 0. The van der Waals surface area contributed by atoms with Gasteiger partial charge in [-0.05, 0) is 13.3 Å². The first-order valence-corrected chi connectivity index (χ1v) is 9.79. The van der Waals surface area contributed by atoms with Crippen LogP contribution < -0.4 is 16.2 Å². The van der Waals surface area contributed by atoms with E-state index in [-0.39, 0.29) is 37.2 Å². The van der Waals surface area contributed by atoms with Crippen molar-refractivity contribution in [1.29, 1.82) is 0 Å². The van der Waals surface area contributed by atoms with Gasteiger partial charge in [-0.2, -0.15) is 9.97 Å². The largest absolute Gasteiger partial charge is 0.474 e. The van der Waals surface area contributed by atoms with Gasteiger partial charge in [-0.3, -0.25) is 0 Å². The van der Waals surface area contributed by atoms with Crippen LogP contribution in [0, 0.1) is 6.08 Å². The molecule has 0 atom stereocenters. The summed E-state index contributed by atoms with van der Waals surface area (Å²) in [7, 11) is -2.20. The van der Waals surface area contributed by atoms with Gasteiger partial charge < -0.3 is 25.5 Å². The van der Waals surface area contributed by atoms with Gasteiger partial charge >= 0.3 is 0 Å². The third kappa shape index (κ3) is 5.18. The minimum absolute atomic E-state index is 0.0358. The van der Waals surface area contributed by atoms with Crippen LogP contribution in [-0.4, -0.2) is 42.9 Å². The van der Waals surface area contributed by atoms with Crippen LogP contribution >= 0.6 is 7.14 Å². The Hall–Kier alpha value is -2.20. The molecule has 2 rings (SSSR count). The number of nitrogens with zero attached hydrogens (tertiary/aromatic N) is 2. The summed E-state index contributed by atoms with van der Waals surface area (Å²) in [5.41, 5.74) is 12.9. The number of allylic oxidation sites excluding steroid dienone is 6. The average Bonchev–Trinajstić information content (AvgIpc) is 2.46. The molecule has 1 aliphatic carbocycles. The van der Waals surface area contributed by atoms with E-state index in [9.17, 15) is 4.57 Å². The first kappa shape index (κ1) is 17.2. The summed E-state index contributed by atoms with van der Waals surface area (Å²) in [5.74, 6) is 0.558. The summed E-state index contributed by atoms with van der Waals surface area (Å²) in [6.45, 7) is 3.86. The molecule has 0 saturated carbocycles. The van der Waals surface area contributed by atoms with E-state index in [1.165, 1.54) is 0 Å². The number of nitrogen functional groups attached to an aromatic ring is 2. The van der Waals surface area contributed by atoms with Crippen LogP contribution in [0.25, 0.3) is 5.57 Å². The Morgan fingerprint density at radius 3 is 2.70 bits per heavy atom. The molecule has 0 aromatic carbocycles. The topological polar surface area (TPSA) is 113 Å². The fraction of sp³-hybridized carbons (Fsp3) is 0.333. The maximum atomic E-state index is 11.6. The van der Waals surface area contributed by atoms with Crippen molar-refractivity contribution in [2.24, 2.45) is 0 Å². The zero-order valence-corrected chi connectivity index (χ0v) is 14.0. The smallest absolute Gasteiger partial charge is 0.242 e. The van der Waals surface area contributed by atoms with E-state index in [1.807, 2.05) is 12.2 Å². The van der Waals surface area contributed by atoms with Crippen molar-refractivity contribution < 1.29 is 14.0 Å². The van der Waals surface area contributed by atoms with Gasteiger partial charge in [0.15, 0.2) is 5.82 Å². The van der Waals surface area contributed by atoms with Gasteiger partial charge in [0, 0.05) is 12.2 Å². The van der Waals surface area contributed by atoms with Crippen LogP contribution in [0.2, 0.25) is 0 Å². The molecule has 0 bridgehead atoms. The Morgan fingerprint density at radius 1 is 1.26 bits per heavy atom. The van der Waals surface area contributed by atoms with E-state index < -0.39 is 7.14 Å². The van der Waals surface area contributed by atoms with Gasteiger partial charge in [-0.15, -0.1) is 0 Å². The lowest BCUT2D eigenvalue weighted by molar-refractivity contribution is 0.129. The van der Waals surface area contributed by atoms with Crippen molar-refractivity contribution in [3.8, 4) is 5.88 Å². The third-order valence-electron chi connectivity index (χ3n) is 2.79. The van der Waals surface area contributed by atoms with Crippen molar-refractivity contribution in [2.75, 3.05) is 44.4 Å². The number of nitrogens with two attached hydrogens (primary N) is 2. The molecule has 1 heterocycles. The number of aromatic nitrogens is 2. The normalized spacial score (nSPS) is 13.6. The minimum Gasteiger partial charge on any atom is -0.474 e. The second-order valence-electron chi connectivity index (χ2n) is 5.40. The van der Waals surface area contributed by atoms with Gasteiger partial charge in [-0.25, -0.2) is 0 Å². The predicted octanol–water partition coefficient (Wildman–Crippen LogP) is 1.93. The van der Waals surface area contributed by atoms with E-state index in [4.69, 9.17) is 20.9 Å². The highest BCUT2D eigenvalue weighted by molar-refractivity contribution is 7.62. The van der Waals surface area contributed by atoms with Crippen LogP contribution in [-0.2, 0) is 9.30 Å². The second kappa shape index (κ2) is 7.38. The molecule has 7 nitrogen and oxygen atoms in total. The summed E-state index contributed by atoms with van der Waals surface area (Å²) in [5, 5.41) is 0. The third-order valence-corrected chi connectivity index (χ3v) is 3.59. The fourth-order valence-electron chi connectivity index (χ4n) is 1.88. The fourth-order valence-corrected chi connectivity index (χ4v) is 2.45. The first-order chi connectivity index (χ1) is 10.9. The van der Waals surface area contributed by atoms with Crippen molar-refractivity contribution in [2.45, 2.75) is 0 Å². The summed E-state index contributed by atoms with van der Waals surface area (Å²) < 4.78 is 22.5. The Labute approximate surface area is 135 Å². The molecule has 8 heteroatoms. The number of hydrogen-bond acceptors (Lipinski definition) is 7. The Balaban J connectivity index is 2.09. The van der Waals surface area contributed by atoms with Crippen molar-refractivity contribution in [3.63, 3.8) is 0 Å². The maximum absolute atomic E-state index is 11.6. The zero-order valence-electron chi connectivity index (χ0n) is 13.2. The molecule has 0 fully saturated rings. The molecule has 1 aliphatic rings. The van der Waals surface area contributed by atoms with Crippen molar-refractivity contribution in [3.05, 3.63) is 35.9 Å². The highest BCUT2D eigenvalue weighted by Gasteiger charge is 2.21. The molecule has 23 heavy (non-hydrogen) atoms. The summed E-state index contributed by atoms with van der Waals surface area (Å²) in [6, 6.07) is 0. The lowest BCUT2D eigenvalue weighted by Gasteiger charge is -2.12.